The zero-order chi connectivity index (χ0) is 18.1. The van der Waals surface area contributed by atoms with Gasteiger partial charge in [-0.1, -0.05) is 48.5 Å². The van der Waals surface area contributed by atoms with E-state index in [1.54, 1.807) is 19.3 Å². The Morgan fingerprint density at radius 3 is 2.48 bits per heavy atom. The fourth-order valence-corrected chi connectivity index (χ4v) is 2.46. The van der Waals surface area contributed by atoms with Gasteiger partial charge in [-0.2, -0.15) is 0 Å². The number of ether oxygens (including phenoxy) is 1. The number of carbonyl (C=O) groups is 1. The Labute approximate surface area is 149 Å². The van der Waals surface area contributed by atoms with Crippen molar-refractivity contribution >= 4 is 11.9 Å². The Bertz CT molecular complexity index is 680. The van der Waals surface area contributed by atoms with Gasteiger partial charge in [-0.3, -0.25) is 4.79 Å². The van der Waals surface area contributed by atoms with Crippen molar-refractivity contribution in [2.75, 3.05) is 13.7 Å². The monoisotopic (exact) mass is 339 g/mol. The van der Waals surface area contributed by atoms with Crippen LogP contribution in [0.4, 0.5) is 0 Å². The third-order valence-corrected chi connectivity index (χ3v) is 4.03. The molecule has 0 saturated carbocycles. The minimum Gasteiger partial charge on any atom is -0.497 e. The lowest BCUT2D eigenvalue weighted by Gasteiger charge is -2.20. The van der Waals surface area contributed by atoms with Gasteiger partial charge in [-0.05, 0) is 36.3 Å². The minimum atomic E-state index is -0.592. The van der Waals surface area contributed by atoms with Crippen LogP contribution >= 0.6 is 0 Å². The standard InChI is InChI=1S/C21H25NO3/c1-16(21(24)18-6-4-3-5-7-18)22-15-14-19(23)11-8-17-9-12-20(25-2)13-10-17/h3-13,16,21-22,24H,14-15H2,1-2H3/b11-8+. The van der Waals surface area contributed by atoms with Gasteiger partial charge in [0.05, 0.1) is 13.2 Å². The summed E-state index contributed by atoms with van der Waals surface area (Å²) in [4.78, 5) is 11.9. The van der Waals surface area contributed by atoms with Gasteiger partial charge < -0.3 is 15.2 Å². The summed E-state index contributed by atoms with van der Waals surface area (Å²) >= 11 is 0. The first-order chi connectivity index (χ1) is 12.1. The van der Waals surface area contributed by atoms with Gasteiger partial charge in [0.1, 0.15) is 5.75 Å². The molecule has 2 unspecified atom stereocenters. The van der Waals surface area contributed by atoms with Crippen LogP contribution in [0, 0.1) is 0 Å². The minimum absolute atomic E-state index is 0.0460. The van der Waals surface area contributed by atoms with E-state index in [2.05, 4.69) is 5.32 Å². The first kappa shape index (κ1) is 18.9. The van der Waals surface area contributed by atoms with Gasteiger partial charge in [0, 0.05) is 19.0 Å². The van der Waals surface area contributed by atoms with Gasteiger partial charge in [0.15, 0.2) is 5.78 Å². The Morgan fingerprint density at radius 2 is 1.84 bits per heavy atom. The zero-order valence-corrected chi connectivity index (χ0v) is 14.7. The third-order valence-electron chi connectivity index (χ3n) is 4.03. The summed E-state index contributed by atoms with van der Waals surface area (Å²) in [6, 6.07) is 16.9. The summed E-state index contributed by atoms with van der Waals surface area (Å²) in [7, 11) is 1.62. The normalized spacial score (nSPS) is 13.6. The molecule has 0 fully saturated rings. The predicted molar refractivity (Wildman–Crippen MR) is 101 cm³/mol. The summed E-state index contributed by atoms with van der Waals surface area (Å²) in [5.41, 5.74) is 1.82. The first-order valence-electron chi connectivity index (χ1n) is 8.41. The lowest BCUT2D eigenvalue weighted by molar-refractivity contribution is -0.114. The van der Waals surface area contributed by atoms with Gasteiger partial charge in [0.2, 0.25) is 0 Å². The molecule has 0 saturated heterocycles. The lowest BCUT2D eigenvalue weighted by Crippen LogP contribution is -2.33. The highest BCUT2D eigenvalue weighted by molar-refractivity contribution is 5.93. The molecule has 2 atom stereocenters. The van der Waals surface area contributed by atoms with E-state index in [1.807, 2.05) is 61.5 Å². The molecule has 0 spiro atoms. The highest BCUT2D eigenvalue weighted by atomic mass is 16.5. The SMILES string of the molecule is COc1ccc(/C=C/C(=O)CCNC(C)C(O)c2ccccc2)cc1. The van der Waals surface area contributed by atoms with Crippen molar-refractivity contribution in [1.29, 1.82) is 0 Å². The van der Waals surface area contributed by atoms with Gasteiger partial charge >= 0.3 is 0 Å². The number of aliphatic hydroxyl groups excluding tert-OH is 1. The van der Waals surface area contributed by atoms with Crippen LogP contribution in [0.3, 0.4) is 0 Å². The van der Waals surface area contributed by atoms with E-state index in [1.165, 1.54) is 0 Å². The molecule has 0 heterocycles. The molecule has 0 amide bonds. The molecule has 2 aromatic rings. The van der Waals surface area contributed by atoms with Crippen molar-refractivity contribution in [3.05, 3.63) is 71.8 Å². The van der Waals surface area contributed by atoms with Crippen LogP contribution in [0.2, 0.25) is 0 Å². The fraction of sp³-hybridized carbons (Fsp3) is 0.286. The second kappa shape index (κ2) is 9.77. The number of hydrogen-bond donors (Lipinski definition) is 2. The van der Waals surface area contributed by atoms with Crippen molar-refractivity contribution < 1.29 is 14.6 Å². The van der Waals surface area contributed by atoms with Crippen molar-refractivity contribution in [2.45, 2.75) is 25.5 Å². The van der Waals surface area contributed by atoms with Crippen LogP contribution in [-0.2, 0) is 4.79 Å². The van der Waals surface area contributed by atoms with Crippen LogP contribution in [0.1, 0.15) is 30.6 Å². The Balaban J connectivity index is 1.75. The van der Waals surface area contributed by atoms with Crippen LogP contribution < -0.4 is 10.1 Å². The number of aliphatic hydroxyl groups is 1. The average Bonchev–Trinajstić information content (AvgIpc) is 2.66. The van der Waals surface area contributed by atoms with Crippen molar-refractivity contribution in [3.8, 4) is 5.75 Å². The number of allylic oxidation sites excluding steroid dienone is 1. The number of rotatable bonds is 9. The summed E-state index contributed by atoms with van der Waals surface area (Å²) in [6.07, 6.45) is 3.18. The Kier molecular flexibility index (Phi) is 7.38. The lowest BCUT2D eigenvalue weighted by atomic mass is 10.0. The maximum absolute atomic E-state index is 11.9. The van der Waals surface area contributed by atoms with E-state index in [0.717, 1.165) is 16.9 Å². The van der Waals surface area contributed by atoms with E-state index in [4.69, 9.17) is 4.74 Å². The van der Waals surface area contributed by atoms with Gasteiger partial charge in [-0.25, -0.2) is 0 Å². The maximum Gasteiger partial charge on any atom is 0.156 e. The van der Waals surface area contributed by atoms with Crippen molar-refractivity contribution in [1.82, 2.24) is 5.32 Å². The largest absolute Gasteiger partial charge is 0.497 e. The van der Waals surface area contributed by atoms with E-state index < -0.39 is 6.10 Å². The summed E-state index contributed by atoms with van der Waals surface area (Å²) in [5, 5.41) is 13.5. The molecule has 0 radical (unpaired) electrons. The molecule has 25 heavy (non-hydrogen) atoms. The van der Waals surface area contributed by atoms with Crippen molar-refractivity contribution in [2.24, 2.45) is 0 Å². The van der Waals surface area contributed by atoms with Crippen LogP contribution in [0.15, 0.2) is 60.7 Å². The third kappa shape index (κ3) is 6.18. The van der Waals surface area contributed by atoms with E-state index >= 15 is 0 Å². The topological polar surface area (TPSA) is 58.6 Å². The maximum atomic E-state index is 11.9. The van der Waals surface area contributed by atoms with E-state index in [9.17, 15) is 9.90 Å². The number of hydrogen-bond acceptors (Lipinski definition) is 4. The van der Waals surface area contributed by atoms with Gasteiger partial charge in [0.25, 0.3) is 0 Å². The quantitative estimate of drug-likeness (QED) is 0.688. The van der Waals surface area contributed by atoms with E-state index in [-0.39, 0.29) is 11.8 Å². The molecule has 0 aliphatic rings. The molecule has 2 aromatic carbocycles. The van der Waals surface area contributed by atoms with Crippen molar-refractivity contribution in [3.63, 3.8) is 0 Å². The highest BCUT2D eigenvalue weighted by Crippen LogP contribution is 2.16. The second-order valence-corrected chi connectivity index (χ2v) is 5.92. The predicted octanol–water partition coefficient (Wildman–Crippen LogP) is 3.38. The fourth-order valence-electron chi connectivity index (χ4n) is 2.46. The zero-order valence-electron chi connectivity index (χ0n) is 14.7. The number of ketones is 1. The molecule has 0 aliphatic heterocycles. The highest BCUT2D eigenvalue weighted by Gasteiger charge is 2.15. The smallest absolute Gasteiger partial charge is 0.156 e. The summed E-state index contributed by atoms with van der Waals surface area (Å²) < 4.78 is 5.10. The van der Waals surface area contributed by atoms with Gasteiger partial charge in [-0.15, -0.1) is 0 Å². The summed E-state index contributed by atoms with van der Waals surface area (Å²) in [5.74, 6) is 0.836. The Morgan fingerprint density at radius 1 is 1.16 bits per heavy atom. The molecule has 0 bridgehead atoms. The summed E-state index contributed by atoms with van der Waals surface area (Å²) in [6.45, 7) is 2.44. The average molecular weight is 339 g/mol. The molecular weight excluding hydrogens is 314 g/mol. The molecule has 0 aliphatic carbocycles. The van der Waals surface area contributed by atoms with Crippen LogP contribution in [0.25, 0.3) is 6.08 Å². The van der Waals surface area contributed by atoms with Crippen LogP contribution in [-0.4, -0.2) is 30.6 Å². The molecular formula is C21H25NO3. The number of benzene rings is 2. The Hall–Kier alpha value is -2.43. The molecule has 0 aromatic heterocycles. The van der Waals surface area contributed by atoms with Crippen LogP contribution in [0.5, 0.6) is 5.75 Å². The molecule has 4 nitrogen and oxygen atoms in total. The molecule has 132 valence electrons. The molecule has 2 rings (SSSR count). The number of nitrogens with one attached hydrogen (secondary N) is 1. The first-order valence-corrected chi connectivity index (χ1v) is 8.41. The molecule has 4 heteroatoms. The number of methoxy groups -OCH3 is 1. The molecule has 2 N–H and O–H groups in total. The second-order valence-electron chi connectivity index (χ2n) is 5.92. The van der Waals surface area contributed by atoms with E-state index in [0.29, 0.717) is 13.0 Å². The number of carbonyl (C=O) groups excluding carboxylic acids is 1.